The standard InChI is InChI=1S/C19H17N5O2/c1-13-16-12-21-19(18-4-2-3-10-20-18)22-17(16)9-11-23(13)14-5-7-15(8-6-14)24(25)26/h2-8,10,12-13H,9,11H2,1H3. The van der Waals surface area contributed by atoms with Gasteiger partial charge in [-0.2, -0.15) is 0 Å². The van der Waals surface area contributed by atoms with Crippen molar-refractivity contribution in [2.24, 2.45) is 0 Å². The monoisotopic (exact) mass is 347 g/mol. The predicted molar refractivity (Wildman–Crippen MR) is 97.8 cm³/mol. The van der Waals surface area contributed by atoms with Gasteiger partial charge >= 0.3 is 0 Å². The maximum atomic E-state index is 10.8. The van der Waals surface area contributed by atoms with Crippen molar-refractivity contribution in [1.29, 1.82) is 0 Å². The molecule has 0 saturated carbocycles. The van der Waals surface area contributed by atoms with E-state index in [1.165, 1.54) is 12.1 Å². The number of benzene rings is 1. The van der Waals surface area contributed by atoms with Crippen molar-refractivity contribution in [3.63, 3.8) is 0 Å². The van der Waals surface area contributed by atoms with E-state index in [4.69, 9.17) is 4.98 Å². The summed E-state index contributed by atoms with van der Waals surface area (Å²) in [6, 6.07) is 12.5. The Balaban J connectivity index is 1.62. The van der Waals surface area contributed by atoms with Crippen molar-refractivity contribution in [3.8, 4) is 11.5 Å². The van der Waals surface area contributed by atoms with Gasteiger partial charge in [0.1, 0.15) is 5.69 Å². The van der Waals surface area contributed by atoms with Crippen LogP contribution in [0.15, 0.2) is 54.9 Å². The molecule has 1 atom stereocenters. The zero-order valence-corrected chi connectivity index (χ0v) is 14.2. The molecule has 3 heterocycles. The van der Waals surface area contributed by atoms with Gasteiger partial charge in [-0.05, 0) is 31.2 Å². The van der Waals surface area contributed by atoms with E-state index in [-0.39, 0.29) is 16.7 Å². The van der Waals surface area contributed by atoms with Crippen molar-refractivity contribution in [2.45, 2.75) is 19.4 Å². The first-order valence-corrected chi connectivity index (χ1v) is 8.42. The van der Waals surface area contributed by atoms with E-state index in [0.717, 1.165) is 35.6 Å². The molecule has 1 unspecified atom stereocenters. The Labute approximate surface area is 150 Å². The lowest BCUT2D eigenvalue weighted by Crippen LogP contribution is -2.34. The number of anilines is 1. The number of nitro benzene ring substituents is 1. The van der Waals surface area contributed by atoms with E-state index in [0.29, 0.717) is 5.82 Å². The lowest BCUT2D eigenvalue weighted by atomic mass is 9.98. The minimum absolute atomic E-state index is 0.0954. The molecule has 0 aliphatic carbocycles. The molecule has 3 aromatic rings. The lowest BCUT2D eigenvalue weighted by molar-refractivity contribution is -0.384. The van der Waals surface area contributed by atoms with Gasteiger partial charge in [-0.1, -0.05) is 6.07 Å². The van der Waals surface area contributed by atoms with Crippen LogP contribution in [0.3, 0.4) is 0 Å². The Bertz CT molecular complexity index is 944. The van der Waals surface area contributed by atoms with E-state index < -0.39 is 0 Å². The SMILES string of the molecule is CC1c2cnc(-c3ccccn3)nc2CCN1c1ccc([N+](=O)[O-])cc1. The number of hydrogen-bond donors (Lipinski definition) is 0. The number of fused-ring (bicyclic) bond motifs is 1. The van der Waals surface area contributed by atoms with Crippen molar-refractivity contribution >= 4 is 11.4 Å². The molecule has 0 N–H and O–H groups in total. The average molecular weight is 347 g/mol. The highest BCUT2D eigenvalue weighted by molar-refractivity contribution is 5.55. The smallest absolute Gasteiger partial charge is 0.269 e. The van der Waals surface area contributed by atoms with Gasteiger partial charge in [-0.25, -0.2) is 9.97 Å². The third-order valence-electron chi connectivity index (χ3n) is 4.69. The summed E-state index contributed by atoms with van der Waals surface area (Å²) in [4.78, 5) is 26.2. The molecule has 26 heavy (non-hydrogen) atoms. The average Bonchev–Trinajstić information content (AvgIpc) is 2.69. The summed E-state index contributed by atoms with van der Waals surface area (Å²) in [6.07, 6.45) is 4.39. The van der Waals surface area contributed by atoms with Crippen molar-refractivity contribution in [3.05, 3.63) is 76.2 Å². The van der Waals surface area contributed by atoms with Gasteiger partial charge in [0.25, 0.3) is 5.69 Å². The highest BCUT2D eigenvalue weighted by Gasteiger charge is 2.26. The van der Waals surface area contributed by atoms with Gasteiger partial charge < -0.3 is 4.90 Å². The first kappa shape index (κ1) is 16.1. The zero-order valence-electron chi connectivity index (χ0n) is 14.2. The third-order valence-corrected chi connectivity index (χ3v) is 4.69. The van der Waals surface area contributed by atoms with Crippen LogP contribution in [0, 0.1) is 10.1 Å². The van der Waals surface area contributed by atoms with Crippen molar-refractivity contribution < 1.29 is 4.92 Å². The molecule has 7 heteroatoms. The third kappa shape index (κ3) is 2.88. The molecular formula is C19H17N5O2. The second-order valence-corrected chi connectivity index (χ2v) is 6.20. The summed E-state index contributed by atoms with van der Waals surface area (Å²) in [6.45, 7) is 2.90. The van der Waals surface area contributed by atoms with Gasteiger partial charge in [0.2, 0.25) is 0 Å². The Kier molecular flexibility index (Phi) is 4.04. The van der Waals surface area contributed by atoms with Crippen LogP contribution in [0.2, 0.25) is 0 Å². The van der Waals surface area contributed by atoms with Gasteiger partial charge in [-0.3, -0.25) is 15.1 Å². The Morgan fingerprint density at radius 1 is 1.15 bits per heavy atom. The number of non-ortho nitro benzene ring substituents is 1. The fourth-order valence-corrected chi connectivity index (χ4v) is 3.30. The lowest BCUT2D eigenvalue weighted by Gasteiger charge is -2.36. The molecule has 4 rings (SSSR count). The van der Waals surface area contributed by atoms with Gasteiger partial charge in [0.15, 0.2) is 5.82 Å². The molecule has 2 aromatic heterocycles. The van der Waals surface area contributed by atoms with Gasteiger partial charge in [0.05, 0.1) is 16.7 Å². The molecule has 1 aliphatic heterocycles. The number of nitro groups is 1. The molecule has 130 valence electrons. The summed E-state index contributed by atoms with van der Waals surface area (Å²) < 4.78 is 0. The van der Waals surface area contributed by atoms with E-state index in [1.54, 1.807) is 18.3 Å². The van der Waals surface area contributed by atoms with Crippen LogP contribution < -0.4 is 4.90 Å². The second-order valence-electron chi connectivity index (χ2n) is 6.20. The normalized spacial score (nSPS) is 16.2. The molecule has 1 aliphatic rings. The largest absolute Gasteiger partial charge is 0.364 e. The van der Waals surface area contributed by atoms with E-state index in [9.17, 15) is 10.1 Å². The summed E-state index contributed by atoms with van der Waals surface area (Å²) in [5.74, 6) is 0.639. The van der Waals surface area contributed by atoms with Gasteiger partial charge in [-0.15, -0.1) is 0 Å². The van der Waals surface area contributed by atoms with E-state index in [2.05, 4.69) is 21.8 Å². The molecule has 7 nitrogen and oxygen atoms in total. The van der Waals surface area contributed by atoms with Crippen LogP contribution in [0.5, 0.6) is 0 Å². The van der Waals surface area contributed by atoms with E-state index >= 15 is 0 Å². The summed E-state index contributed by atoms with van der Waals surface area (Å²) in [5.41, 5.74) is 3.94. The quantitative estimate of drug-likeness (QED) is 0.532. The molecule has 0 amide bonds. The molecule has 1 aromatic carbocycles. The predicted octanol–water partition coefficient (Wildman–Crippen LogP) is 3.57. The van der Waals surface area contributed by atoms with Gasteiger partial charge in [0, 0.05) is 48.7 Å². The van der Waals surface area contributed by atoms with Crippen molar-refractivity contribution in [2.75, 3.05) is 11.4 Å². The van der Waals surface area contributed by atoms with Crippen LogP contribution in [0.4, 0.5) is 11.4 Å². The first-order valence-electron chi connectivity index (χ1n) is 8.42. The topological polar surface area (TPSA) is 85.0 Å². The Hall–Kier alpha value is -3.35. The number of pyridine rings is 1. The Morgan fingerprint density at radius 2 is 1.96 bits per heavy atom. The van der Waals surface area contributed by atoms with Crippen LogP contribution in [0.1, 0.15) is 24.2 Å². The van der Waals surface area contributed by atoms with Crippen LogP contribution in [-0.4, -0.2) is 26.4 Å². The maximum absolute atomic E-state index is 10.8. The summed E-state index contributed by atoms with van der Waals surface area (Å²) in [5, 5.41) is 10.8. The maximum Gasteiger partial charge on any atom is 0.269 e. The van der Waals surface area contributed by atoms with E-state index in [1.807, 2.05) is 24.4 Å². The summed E-state index contributed by atoms with van der Waals surface area (Å²) >= 11 is 0. The minimum atomic E-state index is -0.383. The number of nitrogens with zero attached hydrogens (tertiary/aromatic N) is 5. The molecule has 0 fully saturated rings. The highest BCUT2D eigenvalue weighted by atomic mass is 16.6. The first-order chi connectivity index (χ1) is 12.6. The molecule has 0 saturated heterocycles. The molecule has 0 bridgehead atoms. The molecule has 0 radical (unpaired) electrons. The fourth-order valence-electron chi connectivity index (χ4n) is 3.30. The molecular weight excluding hydrogens is 330 g/mol. The number of hydrogen-bond acceptors (Lipinski definition) is 6. The van der Waals surface area contributed by atoms with Crippen molar-refractivity contribution in [1.82, 2.24) is 15.0 Å². The number of rotatable bonds is 3. The fraction of sp³-hybridized carbons (Fsp3) is 0.211. The number of aromatic nitrogens is 3. The second kappa shape index (κ2) is 6.51. The molecule has 0 spiro atoms. The summed E-state index contributed by atoms with van der Waals surface area (Å²) in [7, 11) is 0. The van der Waals surface area contributed by atoms with Crippen LogP contribution >= 0.6 is 0 Å². The highest BCUT2D eigenvalue weighted by Crippen LogP contribution is 2.33. The Morgan fingerprint density at radius 3 is 2.65 bits per heavy atom. The minimum Gasteiger partial charge on any atom is -0.364 e. The van der Waals surface area contributed by atoms with Crippen LogP contribution in [-0.2, 0) is 6.42 Å². The zero-order chi connectivity index (χ0) is 18.1. The van der Waals surface area contributed by atoms with Crippen LogP contribution in [0.25, 0.3) is 11.5 Å².